The van der Waals surface area contributed by atoms with E-state index in [1.54, 1.807) is 0 Å². The minimum absolute atomic E-state index is 0.254. The van der Waals surface area contributed by atoms with Crippen LogP contribution in [0.1, 0.15) is 138 Å². The molecule has 2 aromatic heterocycles. The fourth-order valence-corrected chi connectivity index (χ4v) is 13.6. The molecule has 0 saturated heterocycles. The molecule has 4 nitrogen and oxygen atoms in total. The Morgan fingerprint density at radius 2 is 0.730 bits per heavy atom. The Morgan fingerprint density at radius 1 is 0.351 bits per heavy atom. The third-order valence-electron chi connectivity index (χ3n) is 17.3. The fraction of sp³-hybridized carbons (Fsp3) is 0.257. The van der Waals surface area contributed by atoms with E-state index in [0.29, 0.717) is 11.8 Å². The van der Waals surface area contributed by atoms with E-state index >= 15 is 0 Å². The standard InChI is InChI=1S/C70H64N2O2/c1-43(2)59-41-63(71(49-33-29-47(30-34-49)45-17-7-5-8-18-45)61-25-15-23-55-51-21-11-13-27-65(51)73-69(55)61)57-40-38-54-60(44(3)4)42-64(58-39-37-53(59)67(57)68(54)58)72(50-35-31-48(32-36-50)46-19-9-6-10-20-46)62-26-16-24-56-52-22-12-14-28-66(52)74-70(56)62/h11-16,21-46H,5-10,17-20H2,1-4H3. The van der Waals surface area contributed by atoms with Crippen molar-refractivity contribution in [3.63, 3.8) is 0 Å². The maximum Gasteiger partial charge on any atom is 0.159 e. The smallest absolute Gasteiger partial charge is 0.159 e. The van der Waals surface area contributed by atoms with Crippen LogP contribution in [-0.4, -0.2) is 0 Å². The van der Waals surface area contributed by atoms with Crippen molar-refractivity contribution in [1.82, 2.24) is 0 Å². The highest BCUT2D eigenvalue weighted by Crippen LogP contribution is 2.53. The van der Waals surface area contributed by atoms with Gasteiger partial charge in [-0.3, -0.25) is 0 Å². The molecule has 2 heterocycles. The molecule has 0 spiro atoms. The van der Waals surface area contributed by atoms with Gasteiger partial charge in [0.2, 0.25) is 0 Å². The lowest BCUT2D eigenvalue weighted by molar-refractivity contribution is 0.443. The van der Waals surface area contributed by atoms with Gasteiger partial charge in [0, 0.05) is 43.7 Å². The van der Waals surface area contributed by atoms with Crippen LogP contribution in [0.3, 0.4) is 0 Å². The summed E-state index contributed by atoms with van der Waals surface area (Å²) in [6, 6.07) is 64.2. The second-order valence-electron chi connectivity index (χ2n) is 22.4. The molecule has 0 N–H and O–H groups in total. The van der Waals surface area contributed by atoms with Crippen molar-refractivity contribution < 1.29 is 8.83 Å². The van der Waals surface area contributed by atoms with Gasteiger partial charge in [0.05, 0.1) is 22.7 Å². The number of para-hydroxylation sites is 4. The van der Waals surface area contributed by atoms with Gasteiger partial charge < -0.3 is 18.6 Å². The molecule has 0 amide bonds. The summed E-state index contributed by atoms with van der Waals surface area (Å²) in [6.45, 7) is 9.43. The second kappa shape index (κ2) is 18.1. The van der Waals surface area contributed by atoms with Gasteiger partial charge in [0.25, 0.3) is 0 Å². The summed E-state index contributed by atoms with van der Waals surface area (Å²) >= 11 is 0. The summed E-state index contributed by atoms with van der Waals surface area (Å²) in [6.07, 6.45) is 13.0. The molecule has 10 aromatic carbocycles. The van der Waals surface area contributed by atoms with Crippen LogP contribution in [0.25, 0.3) is 76.2 Å². The average Bonchev–Trinajstić information content (AvgIpc) is 4.04. The monoisotopic (exact) mass is 964 g/mol. The number of fused-ring (bicyclic) bond motifs is 6. The van der Waals surface area contributed by atoms with E-state index in [9.17, 15) is 0 Å². The number of anilines is 6. The zero-order valence-corrected chi connectivity index (χ0v) is 43.3. The molecule has 12 aromatic rings. The summed E-state index contributed by atoms with van der Waals surface area (Å²) in [7, 11) is 0. The molecular formula is C70H64N2O2. The van der Waals surface area contributed by atoms with E-state index in [0.717, 1.165) is 78.0 Å². The minimum Gasteiger partial charge on any atom is -0.454 e. The summed E-state index contributed by atoms with van der Waals surface area (Å²) in [4.78, 5) is 5.03. The largest absolute Gasteiger partial charge is 0.454 e. The first kappa shape index (κ1) is 45.1. The van der Waals surface area contributed by atoms with Gasteiger partial charge in [-0.15, -0.1) is 0 Å². The van der Waals surface area contributed by atoms with Crippen molar-refractivity contribution >= 4 is 110 Å². The average molecular weight is 965 g/mol. The van der Waals surface area contributed by atoms with Crippen LogP contribution in [0, 0.1) is 0 Å². The molecular weight excluding hydrogens is 901 g/mol. The summed E-state index contributed by atoms with van der Waals surface area (Å²) in [5, 5.41) is 12.2. The zero-order valence-electron chi connectivity index (χ0n) is 43.3. The third kappa shape index (κ3) is 7.30. The van der Waals surface area contributed by atoms with Gasteiger partial charge in [-0.1, -0.05) is 175 Å². The van der Waals surface area contributed by atoms with Crippen molar-refractivity contribution in [2.45, 2.75) is 116 Å². The molecule has 4 heteroatoms. The zero-order chi connectivity index (χ0) is 49.6. The number of rotatable bonds is 10. The fourth-order valence-electron chi connectivity index (χ4n) is 13.6. The highest BCUT2D eigenvalue weighted by Gasteiger charge is 2.29. The molecule has 0 atom stereocenters. The quantitative estimate of drug-likeness (QED) is 0.128. The Bertz CT molecular complexity index is 3780. The predicted octanol–water partition coefficient (Wildman–Crippen LogP) is 21.7. The van der Waals surface area contributed by atoms with Crippen LogP contribution >= 0.6 is 0 Å². The van der Waals surface area contributed by atoms with E-state index in [2.05, 4.69) is 207 Å². The van der Waals surface area contributed by atoms with Crippen LogP contribution < -0.4 is 9.80 Å². The maximum absolute atomic E-state index is 6.93. The van der Waals surface area contributed by atoms with Crippen LogP contribution in [0.4, 0.5) is 34.1 Å². The number of furan rings is 2. The molecule has 74 heavy (non-hydrogen) atoms. The summed E-state index contributed by atoms with van der Waals surface area (Å²) in [5.74, 6) is 1.74. The van der Waals surface area contributed by atoms with E-state index < -0.39 is 0 Å². The first-order valence-electron chi connectivity index (χ1n) is 27.8. The lowest BCUT2D eigenvalue weighted by atomic mass is 9.83. The highest BCUT2D eigenvalue weighted by molar-refractivity contribution is 6.30. The Morgan fingerprint density at radius 3 is 1.14 bits per heavy atom. The van der Waals surface area contributed by atoms with Crippen molar-refractivity contribution in [3.05, 3.63) is 192 Å². The lowest BCUT2D eigenvalue weighted by Crippen LogP contribution is -2.14. The Balaban J connectivity index is 1.05. The molecule has 2 aliphatic rings. The van der Waals surface area contributed by atoms with Crippen LogP contribution in [0.2, 0.25) is 0 Å². The summed E-state index contributed by atoms with van der Waals surface area (Å²) < 4.78 is 13.9. The second-order valence-corrected chi connectivity index (χ2v) is 22.4. The number of hydrogen-bond donors (Lipinski definition) is 0. The van der Waals surface area contributed by atoms with Gasteiger partial charge in [0.1, 0.15) is 11.2 Å². The molecule has 2 fully saturated rings. The van der Waals surface area contributed by atoms with Crippen molar-refractivity contribution in [2.24, 2.45) is 0 Å². The van der Waals surface area contributed by atoms with E-state index in [-0.39, 0.29) is 11.8 Å². The molecule has 2 aliphatic carbocycles. The lowest BCUT2D eigenvalue weighted by Gasteiger charge is -2.32. The van der Waals surface area contributed by atoms with Gasteiger partial charge in [0.15, 0.2) is 11.2 Å². The van der Waals surface area contributed by atoms with Gasteiger partial charge in [-0.2, -0.15) is 0 Å². The molecule has 0 aliphatic heterocycles. The molecule has 0 radical (unpaired) electrons. The number of hydrogen-bond acceptors (Lipinski definition) is 4. The number of nitrogens with zero attached hydrogens (tertiary/aromatic N) is 2. The summed E-state index contributed by atoms with van der Waals surface area (Å²) in [5.41, 5.74) is 15.8. The Kier molecular flexibility index (Phi) is 11.0. The highest BCUT2D eigenvalue weighted by atomic mass is 16.3. The topological polar surface area (TPSA) is 32.8 Å². The van der Waals surface area contributed by atoms with Crippen molar-refractivity contribution in [2.75, 3.05) is 9.80 Å². The third-order valence-corrected chi connectivity index (χ3v) is 17.3. The minimum atomic E-state index is 0.254. The van der Waals surface area contributed by atoms with Crippen molar-refractivity contribution in [3.8, 4) is 0 Å². The molecule has 0 unspecified atom stereocenters. The van der Waals surface area contributed by atoms with Crippen molar-refractivity contribution in [1.29, 1.82) is 0 Å². The van der Waals surface area contributed by atoms with Gasteiger partial charge in [-0.25, -0.2) is 0 Å². The normalized spacial score (nSPS) is 15.2. The SMILES string of the molecule is CC(C)c1cc(N(c2ccc(C3CCCCC3)cc2)c2cccc3c2oc2ccccc23)c2ccc3c(C(C)C)cc(N(c4ccc(C5CCCCC5)cc4)c4cccc5c4oc4ccccc45)c4ccc1c2c34. The first-order valence-corrected chi connectivity index (χ1v) is 27.8. The molecule has 0 bridgehead atoms. The molecule has 14 rings (SSSR count). The van der Waals surface area contributed by atoms with Crippen LogP contribution in [0.5, 0.6) is 0 Å². The first-order chi connectivity index (χ1) is 36.4. The Hall–Kier alpha value is -7.56. The molecule has 366 valence electrons. The van der Waals surface area contributed by atoms with Crippen LogP contribution in [0.15, 0.2) is 179 Å². The van der Waals surface area contributed by atoms with Gasteiger partial charge in [-0.05, 0) is 154 Å². The predicted molar refractivity (Wildman–Crippen MR) is 314 cm³/mol. The van der Waals surface area contributed by atoms with E-state index in [1.807, 2.05) is 0 Å². The van der Waals surface area contributed by atoms with Gasteiger partial charge >= 0.3 is 0 Å². The maximum atomic E-state index is 6.93. The Labute approximate surface area is 434 Å². The number of benzene rings is 10. The van der Waals surface area contributed by atoms with Crippen LogP contribution in [-0.2, 0) is 0 Å². The molecule has 2 saturated carbocycles. The van der Waals surface area contributed by atoms with E-state index in [1.165, 1.54) is 119 Å². The van der Waals surface area contributed by atoms with E-state index in [4.69, 9.17) is 8.83 Å².